The third-order valence-corrected chi connectivity index (χ3v) is 7.54. The summed E-state index contributed by atoms with van der Waals surface area (Å²) in [5, 5.41) is 7.78. The molecule has 182 valence electrons. The molecule has 9 nitrogen and oxygen atoms in total. The van der Waals surface area contributed by atoms with Gasteiger partial charge in [0, 0.05) is 28.0 Å². The van der Waals surface area contributed by atoms with Gasteiger partial charge in [0.25, 0.3) is 5.91 Å². The zero-order valence-electron chi connectivity index (χ0n) is 20.0. The van der Waals surface area contributed by atoms with Crippen LogP contribution in [0.15, 0.2) is 35.7 Å². The van der Waals surface area contributed by atoms with Crippen LogP contribution >= 0.6 is 11.3 Å². The first kappa shape index (κ1) is 23.1. The fourth-order valence-corrected chi connectivity index (χ4v) is 5.43. The molecule has 4 amide bonds. The van der Waals surface area contributed by atoms with Crippen molar-refractivity contribution in [2.75, 3.05) is 19.0 Å². The van der Waals surface area contributed by atoms with Gasteiger partial charge in [-0.05, 0) is 69.9 Å². The van der Waals surface area contributed by atoms with Gasteiger partial charge in [-0.1, -0.05) is 0 Å². The monoisotopic (exact) mass is 493 g/mol. The standard InChI is InChI=1S/C25H27N5O4S/c1-14-11-19(15(2)30(14)17-7-9-18(34-4)10-8-17)20-13-35-23(26-20)27-21(31)12-29-22(32)25(3,16-5-6-16)28-24(29)33/h7-11,13,16H,5-6,12H2,1-4H3,(H,28,33)(H,26,27,31). The third-order valence-electron chi connectivity index (χ3n) is 6.78. The molecular weight excluding hydrogens is 466 g/mol. The third kappa shape index (κ3) is 4.07. The number of rotatable bonds is 7. The van der Waals surface area contributed by atoms with Crippen LogP contribution in [-0.2, 0) is 9.59 Å². The average Bonchev–Trinajstić information content (AvgIpc) is 3.48. The van der Waals surface area contributed by atoms with Crippen LogP contribution in [0.3, 0.4) is 0 Å². The topological polar surface area (TPSA) is 106 Å². The summed E-state index contributed by atoms with van der Waals surface area (Å²) < 4.78 is 7.39. The fraction of sp³-hybridized carbons (Fsp3) is 0.360. The molecule has 1 aromatic carbocycles. The molecule has 1 aliphatic heterocycles. The van der Waals surface area contributed by atoms with Crippen LogP contribution < -0.4 is 15.4 Å². The lowest BCUT2D eigenvalue weighted by Crippen LogP contribution is -2.46. The Labute approximate surface area is 207 Å². The number of hydrogen-bond acceptors (Lipinski definition) is 6. The summed E-state index contributed by atoms with van der Waals surface area (Å²) in [6, 6.07) is 9.38. The van der Waals surface area contributed by atoms with Crippen molar-refractivity contribution in [3.63, 3.8) is 0 Å². The molecule has 1 saturated carbocycles. The van der Waals surface area contributed by atoms with E-state index < -0.39 is 17.5 Å². The smallest absolute Gasteiger partial charge is 0.325 e. The van der Waals surface area contributed by atoms with Crippen LogP contribution in [0.25, 0.3) is 16.9 Å². The summed E-state index contributed by atoms with van der Waals surface area (Å²) in [4.78, 5) is 43.3. The summed E-state index contributed by atoms with van der Waals surface area (Å²) in [6.07, 6.45) is 1.81. The molecule has 1 unspecified atom stereocenters. The van der Waals surface area contributed by atoms with E-state index in [1.54, 1.807) is 14.0 Å². The maximum atomic E-state index is 12.8. The van der Waals surface area contributed by atoms with E-state index >= 15 is 0 Å². The molecule has 3 heterocycles. The van der Waals surface area contributed by atoms with Crippen molar-refractivity contribution < 1.29 is 19.1 Å². The minimum Gasteiger partial charge on any atom is -0.497 e. The molecule has 1 saturated heterocycles. The highest BCUT2D eigenvalue weighted by Gasteiger charge is 2.56. The van der Waals surface area contributed by atoms with Crippen molar-refractivity contribution in [1.82, 2.24) is 19.8 Å². The Hall–Kier alpha value is -3.66. The van der Waals surface area contributed by atoms with E-state index in [4.69, 9.17) is 4.74 Å². The number of urea groups is 1. The molecule has 10 heteroatoms. The molecule has 2 aliphatic rings. The highest BCUT2D eigenvalue weighted by molar-refractivity contribution is 7.14. The minimum atomic E-state index is -0.905. The van der Waals surface area contributed by atoms with Crippen molar-refractivity contribution in [3.8, 4) is 22.7 Å². The number of benzene rings is 1. The van der Waals surface area contributed by atoms with Crippen molar-refractivity contribution in [2.45, 2.75) is 39.2 Å². The zero-order valence-corrected chi connectivity index (χ0v) is 20.9. The maximum absolute atomic E-state index is 12.8. The molecule has 0 bridgehead atoms. The second kappa shape index (κ2) is 8.53. The number of aryl methyl sites for hydroxylation is 1. The summed E-state index contributed by atoms with van der Waals surface area (Å²) >= 11 is 1.30. The summed E-state index contributed by atoms with van der Waals surface area (Å²) in [6.45, 7) is 5.45. The first-order chi connectivity index (χ1) is 16.7. The largest absolute Gasteiger partial charge is 0.497 e. The Morgan fingerprint density at radius 3 is 2.63 bits per heavy atom. The highest BCUT2D eigenvalue weighted by atomic mass is 32.1. The van der Waals surface area contributed by atoms with Gasteiger partial charge in [0.1, 0.15) is 17.8 Å². The molecule has 1 atom stereocenters. The Bertz CT molecular complexity index is 1320. The number of imide groups is 1. The molecule has 2 fully saturated rings. The van der Waals surface area contributed by atoms with Gasteiger partial charge in [-0.3, -0.25) is 14.5 Å². The quantitative estimate of drug-likeness (QED) is 0.486. The first-order valence-corrected chi connectivity index (χ1v) is 12.3. The second-order valence-corrected chi connectivity index (χ2v) is 10.1. The summed E-state index contributed by atoms with van der Waals surface area (Å²) in [7, 11) is 1.64. The molecular formula is C25H27N5O4S. The van der Waals surface area contributed by atoms with Crippen LogP contribution in [0.2, 0.25) is 0 Å². The molecule has 1 aliphatic carbocycles. The van der Waals surface area contributed by atoms with Gasteiger partial charge in [-0.15, -0.1) is 11.3 Å². The Morgan fingerprint density at radius 1 is 1.26 bits per heavy atom. The Kier molecular flexibility index (Phi) is 5.63. The van der Waals surface area contributed by atoms with Crippen molar-refractivity contribution in [2.24, 2.45) is 5.92 Å². The van der Waals surface area contributed by atoms with E-state index in [-0.39, 0.29) is 18.4 Å². The zero-order chi connectivity index (χ0) is 24.9. The lowest BCUT2D eigenvalue weighted by atomic mass is 9.96. The van der Waals surface area contributed by atoms with Gasteiger partial charge in [0.05, 0.1) is 12.8 Å². The van der Waals surface area contributed by atoms with Gasteiger partial charge < -0.3 is 19.9 Å². The number of ether oxygens (including phenoxy) is 1. The summed E-state index contributed by atoms with van der Waals surface area (Å²) in [5.41, 5.74) is 3.90. The SMILES string of the molecule is COc1ccc(-n2c(C)cc(-c3csc(NC(=O)CN4C(=O)NC(C)(C5CC5)C4=O)n3)c2C)cc1. The van der Waals surface area contributed by atoms with Crippen molar-refractivity contribution >= 4 is 34.3 Å². The number of hydrogen-bond donors (Lipinski definition) is 2. The highest BCUT2D eigenvalue weighted by Crippen LogP contribution is 2.42. The minimum absolute atomic E-state index is 0.144. The molecule has 0 spiro atoms. The van der Waals surface area contributed by atoms with Crippen molar-refractivity contribution in [1.29, 1.82) is 0 Å². The molecule has 2 aromatic heterocycles. The van der Waals surface area contributed by atoms with E-state index in [1.807, 2.05) is 43.5 Å². The number of thiazole rings is 1. The molecule has 3 aromatic rings. The van der Waals surface area contributed by atoms with Crippen LogP contribution in [0.5, 0.6) is 5.75 Å². The van der Waals surface area contributed by atoms with Gasteiger partial charge in [-0.2, -0.15) is 0 Å². The predicted molar refractivity (Wildman–Crippen MR) is 133 cm³/mol. The second-order valence-electron chi connectivity index (χ2n) is 9.20. The van der Waals surface area contributed by atoms with Crippen molar-refractivity contribution in [3.05, 3.63) is 47.1 Å². The normalized spacial score (nSPS) is 19.7. The number of amides is 4. The van der Waals surface area contributed by atoms with Crippen LogP contribution in [0.1, 0.15) is 31.2 Å². The van der Waals surface area contributed by atoms with E-state index in [0.29, 0.717) is 5.13 Å². The number of carbonyl (C=O) groups excluding carboxylic acids is 3. The van der Waals surface area contributed by atoms with Gasteiger partial charge in [-0.25, -0.2) is 9.78 Å². The van der Waals surface area contributed by atoms with Gasteiger partial charge in [0.2, 0.25) is 5.91 Å². The van der Waals surface area contributed by atoms with E-state index in [2.05, 4.69) is 26.3 Å². The van der Waals surface area contributed by atoms with Gasteiger partial charge >= 0.3 is 6.03 Å². The van der Waals surface area contributed by atoms with E-state index in [9.17, 15) is 14.4 Å². The molecule has 35 heavy (non-hydrogen) atoms. The lowest BCUT2D eigenvalue weighted by Gasteiger charge is -2.20. The lowest BCUT2D eigenvalue weighted by molar-refractivity contribution is -0.134. The van der Waals surface area contributed by atoms with Gasteiger partial charge in [0.15, 0.2) is 5.13 Å². The Morgan fingerprint density at radius 2 is 1.97 bits per heavy atom. The van der Waals surface area contributed by atoms with E-state index in [1.165, 1.54) is 11.3 Å². The number of anilines is 1. The van der Waals surface area contributed by atoms with Crippen LogP contribution in [0, 0.1) is 19.8 Å². The molecule has 2 N–H and O–H groups in total. The maximum Gasteiger partial charge on any atom is 0.325 e. The number of aromatic nitrogens is 2. The number of methoxy groups -OCH3 is 1. The number of carbonyl (C=O) groups is 3. The predicted octanol–water partition coefficient (Wildman–Crippen LogP) is 3.89. The van der Waals surface area contributed by atoms with Crippen LogP contribution in [-0.4, -0.2) is 51.5 Å². The number of nitrogens with one attached hydrogen (secondary N) is 2. The Balaban J connectivity index is 1.29. The molecule has 0 radical (unpaired) electrons. The van der Waals surface area contributed by atoms with E-state index in [0.717, 1.165) is 51.8 Å². The first-order valence-electron chi connectivity index (χ1n) is 11.4. The average molecular weight is 494 g/mol. The van der Waals surface area contributed by atoms with Crippen LogP contribution in [0.4, 0.5) is 9.93 Å². The number of nitrogens with zero attached hydrogens (tertiary/aromatic N) is 3. The summed E-state index contributed by atoms with van der Waals surface area (Å²) in [5.74, 6) is 0.135. The molecule has 5 rings (SSSR count). The fourth-order valence-electron chi connectivity index (χ4n) is 4.70.